The molecular formula is C24H24N6O3. The first-order chi connectivity index (χ1) is 16.0. The first-order valence-electron chi connectivity index (χ1n) is 10.4. The van der Waals surface area contributed by atoms with Gasteiger partial charge in [-0.1, -0.05) is 36.4 Å². The molecule has 1 aromatic heterocycles. The van der Waals surface area contributed by atoms with Gasteiger partial charge < -0.3 is 17.2 Å². The Morgan fingerprint density at radius 2 is 0.758 bits per heavy atom. The molecule has 3 aromatic carbocycles. The van der Waals surface area contributed by atoms with Crippen LogP contribution in [0.15, 0.2) is 87.2 Å². The van der Waals surface area contributed by atoms with Crippen LogP contribution in [0, 0.1) is 0 Å². The molecule has 9 heteroatoms. The van der Waals surface area contributed by atoms with Gasteiger partial charge in [-0.2, -0.15) is 0 Å². The number of nitrogens with two attached hydrogens (primary N) is 3. The highest BCUT2D eigenvalue weighted by molar-refractivity contribution is 5.41. The molecule has 4 rings (SSSR count). The van der Waals surface area contributed by atoms with Gasteiger partial charge in [0.1, 0.15) is 0 Å². The Labute approximate surface area is 188 Å². The van der Waals surface area contributed by atoms with Crippen LogP contribution in [0.4, 0.5) is 0 Å². The summed E-state index contributed by atoms with van der Waals surface area (Å²) in [6, 6.07) is 20.3. The van der Waals surface area contributed by atoms with E-state index in [1.165, 1.54) is 0 Å². The fraction of sp³-hybridized carbons (Fsp3) is 0.125. The van der Waals surface area contributed by atoms with Crippen molar-refractivity contribution in [3.8, 4) is 17.1 Å². The molecule has 0 bridgehead atoms. The van der Waals surface area contributed by atoms with Crippen molar-refractivity contribution in [3.05, 3.63) is 121 Å². The lowest BCUT2D eigenvalue weighted by Gasteiger charge is -2.15. The highest BCUT2D eigenvalue weighted by Crippen LogP contribution is 2.11. The summed E-state index contributed by atoms with van der Waals surface area (Å²) >= 11 is 0. The van der Waals surface area contributed by atoms with E-state index in [0.29, 0.717) is 17.1 Å². The molecular weight excluding hydrogens is 420 g/mol. The number of hydrogen-bond donors (Lipinski definition) is 3. The van der Waals surface area contributed by atoms with Crippen LogP contribution in [-0.2, 0) is 19.6 Å². The topological polar surface area (TPSA) is 144 Å². The van der Waals surface area contributed by atoms with Crippen LogP contribution in [-0.4, -0.2) is 13.7 Å². The number of benzene rings is 3. The fourth-order valence-electron chi connectivity index (χ4n) is 3.68. The monoisotopic (exact) mass is 444 g/mol. The molecule has 0 unspecified atom stereocenters. The van der Waals surface area contributed by atoms with E-state index >= 15 is 0 Å². The first-order valence-corrected chi connectivity index (χ1v) is 10.4. The van der Waals surface area contributed by atoms with Gasteiger partial charge in [-0.3, -0.25) is 0 Å². The second-order valence-electron chi connectivity index (χ2n) is 7.48. The summed E-state index contributed by atoms with van der Waals surface area (Å²) < 4.78 is 2.89. The lowest BCUT2D eigenvalue weighted by Crippen LogP contribution is -2.52. The zero-order chi connectivity index (χ0) is 23.5. The van der Waals surface area contributed by atoms with Gasteiger partial charge in [0, 0.05) is 19.6 Å². The third-order valence-electron chi connectivity index (χ3n) is 5.36. The van der Waals surface area contributed by atoms with Gasteiger partial charge in [0.25, 0.3) is 0 Å². The number of rotatable bonds is 6. The molecule has 0 fully saturated rings. The van der Waals surface area contributed by atoms with E-state index in [2.05, 4.69) is 0 Å². The molecule has 0 radical (unpaired) electrons. The minimum Gasteiger partial charge on any atom is -0.326 e. The third kappa shape index (κ3) is 4.08. The first kappa shape index (κ1) is 22.2. The van der Waals surface area contributed by atoms with Gasteiger partial charge in [-0.15, -0.1) is 0 Å². The molecule has 0 saturated carbocycles. The molecule has 1 heterocycles. The van der Waals surface area contributed by atoms with Crippen LogP contribution in [0.5, 0.6) is 0 Å². The maximum absolute atomic E-state index is 13.5. The van der Waals surface area contributed by atoms with Crippen molar-refractivity contribution in [2.24, 2.45) is 17.2 Å². The van der Waals surface area contributed by atoms with Crippen molar-refractivity contribution in [1.29, 1.82) is 0 Å². The van der Waals surface area contributed by atoms with Gasteiger partial charge in [-0.05, 0) is 53.1 Å². The number of hydrogen-bond acceptors (Lipinski definition) is 6. The highest BCUT2D eigenvalue weighted by atomic mass is 16.2. The fourth-order valence-corrected chi connectivity index (χ4v) is 3.68. The Bertz CT molecular complexity index is 1290. The summed E-state index contributed by atoms with van der Waals surface area (Å²) in [7, 11) is 0. The minimum absolute atomic E-state index is 0.230. The number of aromatic nitrogens is 3. The maximum atomic E-state index is 13.5. The van der Waals surface area contributed by atoms with Crippen LogP contribution in [0.25, 0.3) is 17.1 Å². The van der Waals surface area contributed by atoms with Crippen molar-refractivity contribution in [1.82, 2.24) is 13.7 Å². The van der Waals surface area contributed by atoms with Gasteiger partial charge >= 0.3 is 17.1 Å². The van der Waals surface area contributed by atoms with Crippen molar-refractivity contribution < 1.29 is 0 Å². The summed E-state index contributed by atoms with van der Waals surface area (Å²) in [4.78, 5) is 40.6. The van der Waals surface area contributed by atoms with Crippen molar-refractivity contribution in [2.45, 2.75) is 19.6 Å². The van der Waals surface area contributed by atoms with Crippen LogP contribution >= 0.6 is 0 Å². The quantitative estimate of drug-likeness (QED) is 0.395. The molecule has 0 aliphatic heterocycles. The molecule has 168 valence electrons. The minimum atomic E-state index is -0.792. The van der Waals surface area contributed by atoms with E-state index in [1.807, 2.05) is 0 Å². The lowest BCUT2D eigenvalue weighted by atomic mass is 10.2. The Balaban J connectivity index is 2.14. The largest absolute Gasteiger partial charge is 0.345 e. The van der Waals surface area contributed by atoms with Crippen molar-refractivity contribution >= 4 is 0 Å². The average molecular weight is 444 g/mol. The van der Waals surface area contributed by atoms with E-state index in [9.17, 15) is 14.4 Å². The Morgan fingerprint density at radius 3 is 1.00 bits per heavy atom. The summed E-state index contributed by atoms with van der Waals surface area (Å²) in [5.74, 6) is 0. The van der Waals surface area contributed by atoms with Gasteiger partial charge in [0.05, 0.1) is 17.1 Å². The van der Waals surface area contributed by atoms with E-state index in [1.54, 1.807) is 72.8 Å². The standard InChI is InChI=1S/C24H24N6O3/c25-13-16-4-1-7-19(10-16)28-22(31)29(20-8-2-5-17(11-20)14-26)24(33)30(23(28)32)21-9-3-6-18(12-21)15-27/h1-12H,13-15,25-27H2. The molecule has 0 amide bonds. The molecule has 0 spiro atoms. The SMILES string of the molecule is NCc1cccc(-n2c(=O)n(-c3cccc(CN)c3)c(=O)n(-c3cccc(CN)c3)c2=O)c1. The van der Waals surface area contributed by atoms with Crippen molar-refractivity contribution in [3.63, 3.8) is 0 Å². The summed E-state index contributed by atoms with van der Waals surface area (Å²) in [6.07, 6.45) is 0. The summed E-state index contributed by atoms with van der Waals surface area (Å²) in [6.45, 7) is 0.689. The van der Waals surface area contributed by atoms with Crippen LogP contribution in [0.1, 0.15) is 16.7 Å². The van der Waals surface area contributed by atoms with E-state index in [0.717, 1.165) is 30.4 Å². The number of nitrogens with zero attached hydrogens (tertiary/aromatic N) is 3. The van der Waals surface area contributed by atoms with Gasteiger partial charge in [0.2, 0.25) is 0 Å². The highest BCUT2D eigenvalue weighted by Gasteiger charge is 2.19. The molecule has 0 saturated heterocycles. The van der Waals surface area contributed by atoms with E-state index in [4.69, 9.17) is 17.2 Å². The maximum Gasteiger partial charge on any atom is 0.345 e. The Kier molecular flexibility index (Phi) is 6.18. The van der Waals surface area contributed by atoms with Crippen LogP contribution < -0.4 is 34.3 Å². The Morgan fingerprint density at radius 1 is 0.485 bits per heavy atom. The zero-order valence-corrected chi connectivity index (χ0v) is 17.8. The van der Waals surface area contributed by atoms with Crippen LogP contribution in [0.2, 0.25) is 0 Å². The van der Waals surface area contributed by atoms with E-state index < -0.39 is 17.1 Å². The van der Waals surface area contributed by atoms with E-state index in [-0.39, 0.29) is 19.6 Å². The normalized spacial score (nSPS) is 11.0. The third-order valence-corrected chi connectivity index (χ3v) is 5.36. The summed E-state index contributed by atoms with van der Waals surface area (Å²) in [5, 5.41) is 0. The van der Waals surface area contributed by atoms with Gasteiger partial charge in [0.15, 0.2) is 0 Å². The molecule has 0 atom stereocenters. The molecule has 0 aliphatic rings. The van der Waals surface area contributed by atoms with Crippen molar-refractivity contribution in [2.75, 3.05) is 0 Å². The average Bonchev–Trinajstić information content (AvgIpc) is 2.84. The van der Waals surface area contributed by atoms with Gasteiger partial charge in [-0.25, -0.2) is 28.1 Å². The van der Waals surface area contributed by atoms with Crippen LogP contribution in [0.3, 0.4) is 0 Å². The smallest absolute Gasteiger partial charge is 0.326 e. The molecule has 6 N–H and O–H groups in total. The molecule has 9 nitrogen and oxygen atoms in total. The molecule has 33 heavy (non-hydrogen) atoms. The molecule has 4 aromatic rings. The molecule has 0 aliphatic carbocycles. The Hall–Kier alpha value is -4.05. The predicted octanol–water partition coefficient (Wildman–Crippen LogP) is 0.515. The lowest BCUT2D eigenvalue weighted by molar-refractivity contribution is 0.658. The summed E-state index contributed by atoms with van der Waals surface area (Å²) in [5.41, 5.74) is 18.0. The second-order valence-corrected chi connectivity index (χ2v) is 7.48. The predicted molar refractivity (Wildman–Crippen MR) is 127 cm³/mol. The second kappa shape index (κ2) is 9.21. The zero-order valence-electron chi connectivity index (χ0n) is 17.8.